The molecule has 1 saturated heterocycles. The summed E-state index contributed by atoms with van der Waals surface area (Å²) >= 11 is 0. The Morgan fingerprint density at radius 3 is 2.48 bits per heavy atom. The van der Waals surface area contributed by atoms with Gasteiger partial charge in [0.15, 0.2) is 0 Å². The van der Waals surface area contributed by atoms with E-state index in [0.717, 1.165) is 24.8 Å². The summed E-state index contributed by atoms with van der Waals surface area (Å²) in [4.78, 5) is 18.8. The molecule has 2 aromatic rings. The molecule has 144 valence electrons. The summed E-state index contributed by atoms with van der Waals surface area (Å²) in [6.07, 6.45) is 6.21. The number of sulfonamides is 1. The van der Waals surface area contributed by atoms with E-state index >= 15 is 0 Å². The molecule has 0 spiro atoms. The number of benzene rings is 1. The highest BCUT2D eigenvalue weighted by Gasteiger charge is 2.27. The summed E-state index contributed by atoms with van der Waals surface area (Å²) in [5.41, 5.74) is 1.38. The van der Waals surface area contributed by atoms with E-state index in [4.69, 9.17) is 0 Å². The van der Waals surface area contributed by atoms with Gasteiger partial charge in [-0.2, -0.15) is 4.31 Å². The van der Waals surface area contributed by atoms with E-state index in [0.29, 0.717) is 31.7 Å². The average molecular weight is 388 g/mol. The number of carbonyl (C=O) groups is 1. The number of piperidine rings is 1. The topological polar surface area (TPSA) is 70.6 Å². The molecule has 0 N–H and O–H groups in total. The normalized spacial score (nSPS) is 15.4. The van der Waals surface area contributed by atoms with Crippen LogP contribution in [0, 0.1) is 0 Å². The maximum absolute atomic E-state index is 12.9. The second kappa shape index (κ2) is 8.63. The molecule has 2 heterocycles. The van der Waals surface area contributed by atoms with Crippen LogP contribution >= 0.6 is 0 Å². The second-order valence-corrected chi connectivity index (χ2v) is 8.61. The first-order chi connectivity index (χ1) is 13.0. The van der Waals surface area contributed by atoms with Crippen molar-refractivity contribution in [1.29, 1.82) is 0 Å². The van der Waals surface area contributed by atoms with Crippen LogP contribution in [0.15, 0.2) is 53.7 Å². The van der Waals surface area contributed by atoms with Crippen LogP contribution in [0.3, 0.4) is 0 Å². The van der Waals surface area contributed by atoms with E-state index in [1.165, 1.54) is 10.4 Å². The highest BCUT2D eigenvalue weighted by molar-refractivity contribution is 7.89. The standard InChI is InChI=1S/C20H25N3O3S/c1-2-22(16-17-9-11-21-12-10-17)20(24)18-7-6-8-19(15-18)27(25,26)23-13-4-3-5-14-23/h6-12,15H,2-5,13-14,16H2,1H3. The summed E-state index contributed by atoms with van der Waals surface area (Å²) in [6, 6.07) is 10.1. The Morgan fingerprint density at radius 2 is 1.81 bits per heavy atom. The largest absolute Gasteiger partial charge is 0.335 e. The van der Waals surface area contributed by atoms with Gasteiger partial charge in [0.05, 0.1) is 4.90 Å². The van der Waals surface area contributed by atoms with Gasteiger partial charge in [0.2, 0.25) is 10.0 Å². The van der Waals surface area contributed by atoms with Crippen LogP contribution in [0.25, 0.3) is 0 Å². The van der Waals surface area contributed by atoms with E-state index in [2.05, 4.69) is 4.98 Å². The van der Waals surface area contributed by atoms with Crippen molar-refractivity contribution >= 4 is 15.9 Å². The van der Waals surface area contributed by atoms with Crippen molar-refractivity contribution in [3.8, 4) is 0 Å². The minimum atomic E-state index is -3.56. The molecule has 1 fully saturated rings. The van der Waals surface area contributed by atoms with Crippen LogP contribution in [-0.4, -0.2) is 48.1 Å². The van der Waals surface area contributed by atoms with Gasteiger partial charge in [0.25, 0.3) is 5.91 Å². The first-order valence-electron chi connectivity index (χ1n) is 9.31. The van der Waals surface area contributed by atoms with Gasteiger partial charge >= 0.3 is 0 Å². The zero-order chi connectivity index (χ0) is 19.3. The molecule has 27 heavy (non-hydrogen) atoms. The number of amides is 1. The molecule has 7 heteroatoms. The summed E-state index contributed by atoms with van der Waals surface area (Å²) in [7, 11) is -3.56. The van der Waals surface area contributed by atoms with Crippen molar-refractivity contribution in [2.24, 2.45) is 0 Å². The van der Waals surface area contributed by atoms with Crippen LogP contribution in [0.2, 0.25) is 0 Å². The van der Waals surface area contributed by atoms with Gasteiger partial charge in [0.1, 0.15) is 0 Å². The maximum atomic E-state index is 12.9. The quantitative estimate of drug-likeness (QED) is 0.764. The molecule has 0 unspecified atom stereocenters. The highest BCUT2D eigenvalue weighted by atomic mass is 32.2. The third-order valence-electron chi connectivity index (χ3n) is 4.83. The van der Waals surface area contributed by atoms with Crippen LogP contribution in [0.5, 0.6) is 0 Å². The predicted molar refractivity (Wildman–Crippen MR) is 104 cm³/mol. The predicted octanol–water partition coefficient (Wildman–Crippen LogP) is 2.92. The second-order valence-electron chi connectivity index (χ2n) is 6.67. The zero-order valence-electron chi connectivity index (χ0n) is 15.5. The number of aromatic nitrogens is 1. The van der Waals surface area contributed by atoms with Gasteiger partial charge in [-0.05, 0) is 55.7 Å². The zero-order valence-corrected chi connectivity index (χ0v) is 16.4. The van der Waals surface area contributed by atoms with Gasteiger partial charge in [0, 0.05) is 44.1 Å². The fourth-order valence-corrected chi connectivity index (χ4v) is 4.83. The Kier molecular flexibility index (Phi) is 6.23. The van der Waals surface area contributed by atoms with E-state index in [1.807, 2.05) is 19.1 Å². The monoisotopic (exact) mass is 387 g/mol. The lowest BCUT2D eigenvalue weighted by Gasteiger charge is -2.26. The Labute approximate surface area is 160 Å². The lowest BCUT2D eigenvalue weighted by atomic mass is 10.1. The third kappa shape index (κ3) is 4.54. The maximum Gasteiger partial charge on any atom is 0.254 e. The van der Waals surface area contributed by atoms with Gasteiger partial charge in [-0.25, -0.2) is 8.42 Å². The molecule has 0 atom stereocenters. The molecule has 0 aliphatic carbocycles. The number of hydrogen-bond donors (Lipinski definition) is 0. The minimum absolute atomic E-state index is 0.176. The lowest BCUT2D eigenvalue weighted by Crippen LogP contribution is -2.36. The van der Waals surface area contributed by atoms with Crippen LogP contribution < -0.4 is 0 Å². The smallest absolute Gasteiger partial charge is 0.254 e. The van der Waals surface area contributed by atoms with Gasteiger partial charge in [-0.1, -0.05) is 12.5 Å². The van der Waals surface area contributed by atoms with Crippen LogP contribution in [0.4, 0.5) is 0 Å². The number of nitrogens with zero attached hydrogens (tertiary/aromatic N) is 3. The molecule has 0 bridgehead atoms. The fourth-order valence-electron chi connectivity index (χ4n) is 3.26. The molecule has 0 saturated carbocycles. The van der Waals surface area contributed by atoms with Crippen molar-refractivity contribution in [3.05, 3.63) is 59.9 Å². The highest BCUT2D eigenvalue weighted by Crippen LogP contribution is 2.22. The summed E-state index contributed by atoms with van der Waals surface area (Å²) in [5, 5.41) is 0. The Bertz CT molecular complexity index is 878. The first kappa shape index (κ1) is 19.5. The Hall–Kier alpha value is -2.25. The number of hydrogen-bond acceptors (Lipinski definition) is 4. The number of rotatable bonds is 6. The molecule has 3 rings (SSSR count). The van der Waals surface area contributed by atoms with E-state index in [9.17, 15) is 13.2 Å². The van der Waals surface area contributed by atoms with Gasteiger partial charge in [-0.15, -0.1) is 0 Å². The van der Waals surface area contributed by atoms with Crippen molar-refractivity contribution in [3.63, 3.8) is 0 Å². The number of carbonyl (C=O) groups excluding carboxylic acids is 1. The third-order valence-corrected chi connectivity index (χ3v) is 6.72. The molecule has 1 aromatic carbocycles. The molecule has 0 radical (unpaired) electrons. The summed E-state index contributed by atoms with van der Waals surface area (Å²) in [5.74, 6) is -0.176. The molecular weight excluding hydrogens is 362 g/mol. The van der Waals surface area contributed by atoms with Crippen LogP contribution in [0.1, 0.15) is 42.1 Å². The van der Waals surface area contributed by atoms with Crippen molar-refractivity contribution in [2.45, 2.75) is 37.6 Å². The van der Waals surface area contributed by atoms with Crippen LogP contribution in [-0.2, 0) is 16.6 Å². The average Bonchev–Trinajstić information content (AvgIpc) is 2.73. The summed E-state index contributed by atoms with van der Waals surface area (Å²) in [6.45, 7) is 3.99. The van der Waals surface area contributed by atoms with Crippen molar-refractivity contribution in [2.75, 3.05) is 19.6 Å². The van der Waals surface area contributed by atoms with Gasteiger partial charge < -0.3 is 4.90 Å². The minimum Gasteiger partial charge on any atom is -0.335 e. The Morgan fingerprint density at radius 1 is 1.11 bits per heavy atom. The molecular formula is C20H25N3O3S. The molecule has 6 nitrogen and oxygen atoms in total. The lowest BCUT2D eigenvalue weighted by molar-refractivity contribution is 0.0752. The van der Waals surface area contributed by atoms with Gasteiger partial charge in [-0.3, -0.25) is 9.78 Å². The first-order valence-corrected chi connectivity index (χ1v) is 10.7. The summed E-state index contributed by atoms with van der Waals surface area (Å²) < 4.78 is 27.3. The molecule has 1 aliphatic rings. The van der Waals surface area contributed by atoms with Crippen molar-refractivity contribution < 1.29 is 13.2 Å². The fraction of sp³-hybridized carbons (Fsp3) is 0.400. The molecule has 1 aliphatic heterocycles. The SMILES string of the molecule is CCN(Cc1ccncc1)C(=O)c1cccc(S(=O)(=O)N2CCCCC2)c1. The van der Waals surface area contributed by atoms with E-state index in [-0.39, 0.29) is 10.8 Å². The number of pyridine rings is 1. The molecule has 1 amide bonds. The van der Waals surface area contributed by atoms with E-state index < -0.39 is 10.0 Å². The van der Waals surface area contributed by atoms with Crippen molar-refractivity contribution in [1.82, 2.24) is 14.2 Å². The Balaban J connectivity index is 1.82. The van der Waals surface area contributed by atoms with E-state index in [1.54, 1.807) is 35.5 Å². The molecule has 1 aromatic heterocycles.